The van der Waals surface area contributed by atoms with Crippen molar-refractivity contribution >= 4 is 17.9 Å². The van der Waals surface area contributed by atoms with Crippen molar-refractivity contribution < 1.29 is 38.1 Å². The van der Waals surface area contributed by atoms with Crippen LogP contribution in [-0.2, 0) is 38.1 Å². The molecule has 2 aliphatic carbocycles. The number of hydrogen-bond donors (Lipinski definition) is 0. The fourth-order valence-corrected chi connectivity index (χ4v) is 5.35. The van der Waals surface area contributed by atoms with Crippen LogP contribution in [0.15, 0.2) is 24.3 Å². The maximum Gasteiger partial charge on any atom is 0.340 e. The second-order valence-electron chi connectivity index (χ2n) is 8.96. The van der Waals surface area contributed by atoms with Crippen molar-refractivity contribution in [3.63, 3.8) is 0 Å². The van der Waals surface area contributed by atoms with E-state index >= 15 is 0 Å². The van der Waals surface area contributed by atoms with Crippen molar-refractivity contribution in [1.82, 2.24) is 0 Å². The molecule has 0 amide bonds. The van der Waals surface area contributed by atoms with Crippen molar-refractivity contribution in [2.45, 2.75) is 56.2 Å². The zero-order valence-electron chi connectivity index (χ0n) is 16.5. The molecule has 0 N–H and O–H groups in total. The first-order valence-electron chi connectivity index (χ1n) is 9.90. The summed E-state index contributed by atoms with van der Waals surface area (Å²) in [4.78, 5) is 36.6. The zero-order valence-corrected chi connectivity index (χ0v) is 16.5. The lowest BCUT2D eigenvalue weighted by Gasteiger charge is -2.30. The number of carbonyl (C=O) groups excluding carboxylic acids is 3. The van der Waals surface area contributed by atoms with E-state index in [1.807, 2.05) is 0 Å². The highest BCUT2D eigenvalue weighted by Crippen LogP contribution is 2.61. The van der Waals surface area contributed by atoms with Gasteiger partial charge in [0.05, 0.1) is 19.1 Å². The number of esters is 3. The van der Waals surface area contributed by atoms with Crippen molar-refractivity contribution in [2.24, 2.45) is 17.8 Å². The lowest BCUT2D eigenvalue weighted by Crippen LogP contribution is -2.44. The molecule has 3 saturated heterocycles. The van der Waals surface area contributed by atoms with Gasteiger partial charge in [-0.1, -0.05) is 18.7 Å². The van der Waals surface area contributed by atoms with E-state index in [0.717, 1.165) is 5.57 Å². The summed E-state index contributed by atoms with van der Waals surface area (Å²) < 4.78 is 28.1. The van der Waals surface area contributed by atoms with E-state index in [0.29, 0.717) is 26.1 Å². The smallest absolute Gasteiger partial charge is 0.340 e. The second-order valence-corrected chi connectivity index (χ2v) is 8.96. The van der Waals surface area contributed by atoms with Crippen LogP contribution >= 0.6 is 0 Å². The quantitative estimate of drug-likeness (QED) is 0.226. The van der Waals surface area contributed by atoms with Gasteiger partial charge >= 0.3 is 17.9 Å². The molecular formula is C21H24O8. The van der Waals surface area contributed by atoms with Crippen LogP contribution in [0.1, 0.15) is 26.7 Å². The maximum atomic E-state index is 12.5. The van der Waals surface area contributed by atoms with Gasteiger partial charge in [0.25, 0.3) is 0 Å². The van der Waals surface area contributed by atoms with E-state index in [1.165, 1.54) is 6.92 Å². The SMILES string of the molecule is C=C1C(=O)O[C@H]2[C@H]1[C@@H](OC(=O)[C@]1(C)CO1)CC(=C)[C@@H]1C[C@H](OC(C)=O)[C@]3(CO3)[C@H]21. The predicted octanol–water partition coefficient (Wildman–Crippen LogP) is 1.08. The number of epoxide rings is 2. The number of carbonyl (C=O) groups is 3. The lowest BCUT2D eigenvalue weighted by molar-refractivity contribution is -0.160. The van der Waals surface area contributed by atoms with Crippen LogP contribution in [0, 0.1) is 17.8 Å². The molecule has 3 heterocycles. The normalized spacial score (nSPS) is 47.2. The zero-order chi connectivity index (χ0) is 20.7. The van der Waals surface area contributed by atoms with Gasteiger partial charge in [-0.3, -0.25) is 4.79 Å². The van der Waals surface area contributed by atoms with Crippen LogP contribution in [0.5, 0.6) is 0 Å². The summed E-state index contributed by atoms with van der Waals surface area (Å²) in [5.41, 5.74) is -0.463. The molecule has 156 valence electrons. The Balaban J connectivity index is 1.49. The van der Waals surface area contributed by atoms with Gasteiger partial charge in [0.2, 0.25) is 0 Å². The van der Waals surface area contributed by atoms with Gasteiger partial charge in [-0.15, -0.1) is 0 Å². The van der Waals surface area contributed by atoms with Crippen LogP contribution in [-0.4, -0.2) is 60.6 Å². The fourth-order valence-electron chi connectivity index (χ4n) is 5.35. The maximum absolute atomic E-state index is 12.5. The summed E-state index contributed by atoms with van der Waals surface area (Å²) in [5.74, 6) is -2.14. The molecule has 3 aliphatic heterocycles. The molecule has 8 atom stereocenters. The minimum absolute atomic E-state index is 0.0792. The topological polar surface area (TPSA) is 104 Å². The standard InChI is InChI=1S/C21H24O8/c1-9-5-13(28-19(24)20(4)7-25-20)15-10(2)18(23)29-17(15)16-12(9)6-14(27-11(3)22)21(16)8-26-21/h12-17H,1-2,5-8H2,3-4H3/t12-,13-,14-,15+,16-,17-,20-,21+/m0/s1. The van der Waals surface area contributed by atoms with Crippen LogP contribution in [0.3, 0.4) is 0 Å². The number of ether oxygens (including phenoxy) is 5. The summed E-state index contributed by atoms with van der Waals surface area (Å²) in [6.07, 6.45) is -0.694. The van der Waals surface area contributed by atoms with Gasteiger partial charge in [0, 0.05) is 24.8 Å². The summed E-state index contributed by atoms with van der Waals surface area (Å²) in [6.45, 7) is 11.9. The summed E-state index contributed by atoms with van der Waals surface area (Å²) >= 11 is 0. The molecular weight excluding hydrogens is 380 g/mol. The monoisotopic (exact) mass is 404 g/mol. The third kappa shape index (κ3) is 2.69. The Morgan fingerprint density at radius 1 is 1.17 bits per heavy atom. The fraction of sp³-hybridized carbons (Fsp3) is 0.667. The molecule has 0 aromatic rings. The van der Waals surface area contributed by atoms with Crippen LogP contribution in [0.4, 0.5) is 0 Å². The Bertz CT molecular complexity index is 836. The van der Waals surface area contributed by atoms with E-state index in [9.17, 15) is 14.4 Å². The van der Waals surface area contributed by atoms with E-state index in [2.05, 4.69) is 13.2 Å². The van der Waals surface area contributed by atoms with Gasteiger partial charge in [0.15, 0.2) is 5.60 Å². The molecule has 5 aliphatic rings. The van der Waals surface area contributed by atoms with Gasteiger partial charge in [-0.25, -0.2) is 9.59 Å². The van der Waals surface area contributed by atoms with Crippen molar-refractivity contribution in [3.8, 4) is 0 Å². The molecule has 5 rings (SSSR count). The molecule has 8 heteroatoms. The first-order chi connectivity index (χ1) is 13.7. The first kappa shape index (κ1) is 18.8. The predicted molar refractivity (Wildman–Crippen MR) is 96.3 cm³/mol. The van der Waals surface area contributed by atoms with Crippen LogP contribution in [0.25, 0.3) is 0 Å². The first-order valence-corrected chi connectivity index (χ1v) is 9.90. The number of fused-ring (bicyclic) bond motifs is 4. The van der Waals surface area contributed by atoms with Gasteiger partial charge in [-0.2, -0.15) is 0 Å². The molecule has 0 unspecified atom stereocenters. The molecule has 2 saturated carbocycles. The van der Waals surface area contributed by atoms with Gasteiger partial charge in [0.1, 0.15) is 23.9 Å². The summed E-state index contributed by atoms with van der Waals surface area (Å²) in [5, 5.41) is 0. The Morgan fingerprint density at radius 2 is 1.86 bits per heavy atom. The average Bonchev–Trinajstić information content (AvgIpc) is 3.53. The molecule has 0 bridgehead atoms. The Hall–Kier alpha value is -2.19. The molecule has 0 aromatic carbocycles. The van der Waals surface area contributed by atoms with Gasteiger partial charge in [-0.05, 0) is 19.3 Å². The summed E-state index contributed by atoms with van der Waals surface area (Å²) in [7, 11) is 0. The van der Waals surface area contributed by atoms with E-state index in [4.69, 9.17) is 23.7 Å². The largest absolute Gasteiger partial charge is 0.459 e. The third-order valence-corrected chi connectivity index (χ3v) is 7.07. The Labute approximate surface area is 168 Å². The summed E-state index contributed by atoms with van der Waals surface area (Å²) in [6, 6.07) is 0. The lowest BCUT2D eigenvalue weighted by atomic mass is 9.78. The minimum Gasteiger partial charge on any atom is -0.459 e. The van der Waals surface area contributed by atoms with E-state index < -0.39 is 47.4 Å². The molecule has 0 radical (unpaired) electrons. The van der Waals surface area contributed by atoms with Crippen LogP contribution < -0.4 is 0 Å². The van der Waals surface area contributed by atoms with E-state index in [-0.39, 0.29) is 23.4 Å². The molecule has 8 nitrogen and oxygen atoms in total. The molecule has 29 heavy (non-hydrogen) atoms. The average molecular weight is 404 g/mol. The second kappa shape index (κ2) is 5.92. The Kier molecular flexibility index (Phi) is 3.84. The Morgan fingerprint density at radius 3 is 2.45 bits per heavy atom. The minimum atomic E-state index is -0.926. The highest BCUT2D eigenvalue weighted by molar-refractivity contribution is 5.91. The highest BCUT2D eigenvalue weighted by atomic mass is 16.7. The molecule has 5 fully saturated rings. The molecule has 0 aromatic heterocycles. The number of hydrogen-bond acceptors (Lipinski definition) is 8. The van der Waals surface area contributed by atoms with Crippen molar-refractivity contribution in [2.75, 3.05) is 13.2 Å². The van der Waals surface area contributed by atoms with Gasteiger partial charge < -0.3 is 23.7 Å². The third-order valence-electron chi connectivity index (χ3n) is 7.07. The van der Waals surface area contributed by atoms with Crippen molar-refractivity contribution in [3.05, 3.63) is 24.3 Å². The van der Waals surface area contributed by atoms with E-state index in [1.54, 1.807) is 6.92 Å². The molecule has 1 spiro atoms. The number of rotatable bonds is 3. The highest BCUT2D eigenvalue weighted by Gasteiger charge is 2.72. The van der Waals surface area contributed by atoms with Crippen LogP contribution in [0.2, 0.25) is 0 Å². The van der Waals surface area contributed by atoms with Crippen molar-refractivity contribution in [1.29, 1.82) is 0 Å².